The molecule has 2 N–H and O–H groups in total. The molecule has 2 aromatic carbocycles. The topological polar surface area (TPSA) is 58.9 Å². The maximum Gasteiger partial charge on any atom is 0.488 e. The van der Waals surface area contributed by atoms with Crippen LogP contribution in [0.5, 0.6) is 5.75 Å². The quantitative estimate of drug-likeness (QED) is 0.582. The van der Waals surface area contributed by atoms with E-state index in [1.54, 1.807) is 24.3 Å². The van der Waals surface area contributed by atoms with E-state index in [0.29, 0.717) is 31.0 Å². The number of hydrogen-bond donors (Lipinski definition) is 2. The summed E-state index contributed by atoms with van der Waals surface area (Å²) in [5, 5.41) is 17.9. The second-order valence-electron chi connectivity index (χ2n) is 4.33. The minimum Gasteiger partial charge on any atom is -0.491 e. The van der Waals surface area contributed by atoms with Crippen molar-refractivity contribution in [3.63, 3.8) is 0 Å². The van der Waals surface area contributed by atoms with Gasteiger partial charge < -0.3 is 19.5 Å². The maximum atomic E-state index is 8.96. The van der Waals surface area contributed by atoms with Gasteiger partial charge in [0.1, 0.15) is 12.4 Å². The number of hydrogen-bond acceptors (Lipinski definition) is 4. The van der Waals surface area contributed by atoms with Crippen molar-refractivity contribution in [3.05, 3.63) is 60.2 Å². The molecule has 0 spiro atoms. The van der Waals surface area contributed by atoms with E-state index in [2.05, 4.69) is 0 Å². The zero-order valence-corrected chi connectivity index (χ0v) is 11.1. The Morgan fingerprint density at radius 1 is 0.850 bits per heavy atom. The molecule has 0 amide bonds. The molecule has 5 heteroatoms. The summed E-state index contributed by atoms with van der Waals surface area (Å²) in [6.07, 6.45) is 0. The van der Waals surface area contributed by atoms with E-state index in [-0.39, 0.29) is 0 Å². The van der Waals surface area contributed by atoms with Crippen molar-refractivity contribution in [2.24, 2.45) is 0 Å². The Balaban J connectivity index is 1.66. The van der Waals surface area contributed by atoms with Gasteiger partial charge in [-0.25, -0.2) is 0 Å². The lowest BCUT2D eigenvalue weighted by Crippen LogP contribution is -2.29. The highest BCUT2D eigenvalue weighted by molar-refractivity contribution is 6.58. The van der Waals surface area contributed by atoms with Crippen LogP contribution in [0.2, 0.25) is 0 Å². The van der Waals surface area contributed by atoms with Gasteiger partial charge in [0.2, 0.25) is 0 Å². The molecule has 0 aliphatic rings. The highest BCUT2D eigenvalue weighted by Gasteiger charge is 2.09. The summed E-state index contributed by atoms with van der Waals surface area (Å²) < 4.78 is 11.0. The molecule has 0 atom stereocenters. The van der Waals surface area contributed by atoms with Crippen LogP contribution in [0.1, 0.15) is 5.56 Å². The summed E-state index contributed by atoms with van der Waals surface area (Å²) >= 11 is 0. The second kappa shape index (κ2) is 7.70. The molecule has 0 radical (unpaired) electrons. The Morgan fingerprint density at radius 2 is 1.55 bits per heavy atom. The van der Waals surface area contributed by atoms with Gasteiger partial charge in [-0.2, -0.15) is 0 Å². The highest BCUT2D eigenvalue weighted by atomic mass is 16.5. The lowest BCUT2D eigenvalue weighted by Gasteiger charge is -2.08. The zero-order valence-electron chi connectivity index (χ0n) is 11.1. The number of benzene rings is 2. The normalized spacial score (nSPS) is 10.3. The van der Waals surface area contributed by atoms with Crippen LogP contribution in [0.3, 0.4) is 0 Å². The van der Waals surface area contributed by atoms with Gasteiger partial charge in [-0.05, 0) is 23.2 Å². The first-order chi connectivity index (χ1) is 9.75. The first kappa shape index (κ1) is 14.6. The zero-order chi connectivity index (χ0) is 14.2. The second-order valence-corrected chi connectivity index (χ2v) is 4.33. The van der Waals surface area contributed by atoms with E-state index in [4.69, 9.17) is 19.5 Å². The summed E-state index contributed by atoms with van der Waals surface area (Å²) in [5.74, 6) is 0.678. The highest BCUT2D eigenvalue weighted by Crippen LogP contribution is 2.07. The van der Waals surface area contributed by atoms with E-state index in [0.717, 1.165) is 5.56 Å². The van der Waals surface area contributed by atoms with Gasteiger partial charge in [-0.1, -0.05) is 42.5 Å². The van der Waals surface area contributed by atoms with E-state index >= 15 is 0 Å². The predicted molar refractivity (Wildman–Crippen MR) is 77.9 cm³/mol. The monoisotopic (exact) mass is 272 g/mol. The van der Waals surface area contributed by atoms with Crippen molar-refractivity contribution >= 4 is 12.6 Å². The van der Waals surface area contributed by atoms with Gasteiger partial charge in [0.25, 0.3) is 0 Å². The van der Waals surface area contributed by atoms with Crippen LogP contribution in [-0.4, -0.2) is 30.4 Å². The fourth-order valence-electron chi connectivity index (χ4n) is 1.72. The van der Waals surface area contributed by atoms with Gasteiger partial charge in [-0.3, -0.25) is 0 Å². The van der Waals surface area contributed by atoms with Crippen LogP contribution in [0.15, 0.2) is 54.6 Å². The third-order valence-electron chi connectivity index (χ3n) is 2.79. The average Bonchev–Trinajstić information content (AvgIpc) is 2.48. The lowest BCUT2D eigenvalue weighted by molar-refractivity contribution is 0.0889. The minimum absolute atomic E-state index is 0.442. The van der Waals surface area contributed by atoms with Crippen molar-refractivity contribution in [1.29, 1.82) is 0 Å². The van der Waals surface area contributed by atoms with Crippen LogP contribution >= 0.6 is 0 Å². The van der Waals surface area contributed by atoms with Gasteiger partial charge in [-0.15, -0.1) is 0 Å². The molecule has 0 unspecified atom stereocenters. The van der Waals surface area contributed by atoms with Crippen LogP contribution in [0, 0.1) is 0 Å². The molecule has 0 bridgehead atoms. The lowest BCUT2D eigenvalue weighted by atomic mass is 9.80. The van der Waals surface area contributed by atoms with Crippen LogP contribution in [0.25, 0.3) is 0 Å². The Morgan fingerprint density at radius 3 is 2.20 bits per heavy atom. The molecule has 0 aliphatic carbocycles. The molecule has 20 heavy (non-hydrogen) atoms. The maximum absolute atomic E-state index is 8.96. The fraction of sp³-hybridized carbons (Fsp3) is 0.200. The fourth-order valence-corrected chi connectivity index (χ4v) is 1.72. The summed E-state index contributed by atoms with van der Waals surface area (Å²) in [7, 11) is -1.45. The number of rotatable bonds is 7. The number of ether oxygens (including phenoxy) is 2. The summed E-state index contributed by atoms with van der Waals surface area (Å²) in [4.78, 5) is 0. The molecule has 2 aromatic rings. The molecule has 104 valence electrons. The minimum atomic E-state index is -1.45. The molecule has 0 fully saturated rings. The van der Waals surface area contributed by atoms with Gasteiger partial charge >= 0.3 is 7.12 Å². The Bertz CT molecular complexity index is 499. The Kier molecular flexibility index (Phi) is 5.61. The van der Waals surface area contributed by atoms with Crippen molar-refractivity contribution in [1.82, 2.24) is 0 Å². The van der Waals surface area contributed by atoms with E-state index in [1.165, 1.54) is 0 Å². The predicted octanol–water partition coefficient (Wildman–Crippen LogP) is 0.962. The van der Waals surface area contributed by atoms with E-state index in [1.807, 2.05) is 30.3 Å². The summed E-state index contributed by atoms with van der Waals surface area (Å²) in [6, 6.07) is 16.6. The SMILES string of the molecule is OB(O)c1ccc(OCCOCc2ccccc2)cc1. The molecule has 0 heterocycles. The summed E-state index contributed by atoms with van der Waals surface area (Å²) in [6.45, 7) is 1.52. The van der Waals surface area contributed by atoms with Crippen LogP contribution in [-0.2, 0) is 11.3 Å². The molecular formula is C15H17BO4. The molecule has 0 aliphatic heterocycles. The van der Waals surface area contributed by atoms with Gasteiger partial charge in [0.05, 0.1) is 13.2 Å². The first-order valence-corrected chi connectivity index (χ1v) is 6.46. The average molecular weight is 272 g/mol. The van der Waals surface area contributed by atoms with Crippen molar-refractivity contribution < 1.29 is 19.5 Å². The van der Waals surface area contributed by atoms with Crippen molar-refractivity contribution in [2.75, 3.05) is 13.2 Å². The molecular weight excluding hydrogens is 255 g/mol. The standard InChI is InChI=1S/C15H17BO4/c17-16(18)14-6-8-15(9-7-14)20-11-10-19-12-13-4-2-1-3-5-13/h1-9,17-18H,10-12H2. The first-order valence-electron chi connectivity index (χ1n) is 6.46. The summed E-state index contributed by atoms with van der Waals surface area (Å²) in [5.41, 5.74) is 1.58. The largest absolute Gasteiger partial charge is 0.491 e. The third kappa shape index (κ3) is 4.70. The van der Waals surface area contributed by atoms with Crippen LogP contribution < -0.4 is 10.2 Å². The van der Waals surface area contributed by atoms with Crippen molar-refractivity contribution in [2.45, 2.75) is 6.61 Å². The molecule has 2 rings (SSSR count). The van der Waals surface area contributed by atoms with Gasteiger partial charge in [0, 0.05) is 0 Å². The van der Waals surface area contributed by atoms with Gasteiger partial charge in [0.15, 0.2) is 0 Å². The molecule has 0 aromatic heterocycles. The van der Waals surface area contributed by atoms with E-state index < -0.39 is 7.12 Å². The van der Waals surface area contributed by atoms with Crippen molar-refractivity contribution in [3.8, 4) is 5.75 Å². The molecule has 0 saturated carbocycles. The molecule has 0 saturated heterocycles. The Labute approximate surface area is 118 Å². The van der Waals surface area contributed by atoms with Crippen LogP contribution in [0.4, 0.5) is 0 Å². The Hall–Kier alpha value is -1.82. The third-order valence-corrected chi connectivity index (χ3v) is 2.79. The smallest absolute Gasteiger partial charge is 0.488 e. The molecule has 4 nitrogen and oxygen atoms in total. The van der Waals surface area contributed by atoms with E-state index in [9.17, 15) is 0 Å².